The van der Waals surface area contributed by atoms with Gasteiger partial charge in [-0.15, -0.1) is 0 Å². The number of carboxylic acid groups (broad SMARTS) is 1. The van der Waals surface area contributed by atoms with E-state index >= 15 is 0 Å². The predicted octanol–water partition coefficient (Wildman–Crippen LogP) is 5.35. The van der Waals surface area contributed by atoms with Crippen molar-refractivity contribution < 1.29 is 18.7 Å². The fourth-order valence-corrected chi connectivity index (χ4v) is 4.04. The summed E-state index contributed by atoms with van der Waals surface area (Å²) in [5.41, 5.74) is 2.57. The van der Waals surface area contributed by atoms with Crippen molar-refractivity contribution in [3.8, 4) is 0 Å². The van der Waals surface area contributed by atoms with E-state index < -0.39 is 24.2 Å². The highest BCUT2D eigenvalue weighted by Crippen LogP contribution is 2.36. The monoisotopic (exact) mass is 446 g/mol. The standard InChI is InChI=1S/C24H32F2N4O2/c1-16(2)22-28-14-19(15-29-22)18(12-21(31)32)13-24(25,26)10-4-3-7-20-9-8-17-6-5-11-27-23(17)30-20/h8-9,14-16,18H,3-7,10-13H2,1-2H3,(H,27,30)(H,31,32). The van der Waals surface area contributed by atoms with Crippen LogP contribution in [0.3, 0.4) is 0 Å². The van der Waals surface area contributed by atoms with Gasteiger partial charge >= 0.3 is 5.97 Å². The van der Waals surface area contributed by atoms with Crippen LogP contribution in [0.25, 0.3) is 0 Å². The van der Waals surface area contributed by atoms with E-state index in [2.05, 4.69) is 26.3 Å². The summed E-state index contributed by atoms with van der Waals surface area (Å²) in [7, 11) is 0. The van der Waals surface area contributed by atoms with E-state index in [0.717, 1.165) is 30.9 Å². The van der Waals surface area contributed by atoms with Gasteiger partial charge in [-0.2, -0.15) is 0 Å². The first kappa shape index (κ1) is 24.0. The van der Waals surface area contributed by atoms with Gasteiger partial charge in [0.1, 0.15) is 11.6 Å². The molecule has 3 rings (SSSR count). The van der Waals surface area contributed by atoms with Crippen LogP contribution in [0.2, 0.25) is 0 Å². The molecule has 0 aromatic carbocycles. The molecule has 3 heterocycles. The molecule has 2 N–H and O–H groups in total. The van der Waals surface area contributed by atoms with Crippen molar-refractivity contribution in [3.63, 3.8) is 0 Å². The van der Waals surface area contributed by atoms with Crippen molar-refractivity contribution in [2.75, 3.05) is 11.9 Å². The fraction of sp³-hybridized carbons (Fsp3) is 0.583. The summed E-state index contributed by atoms with van der Waals surface area (Å²) in [5, 5.41) is 12.5. The molecule has 0 spiro atoms. The van der Waals surface area contributed by atoms with Crippen LogP contribution in [0.15, 0.2) is 24.5 Å². The molecular formula is C24H32F2N4O2. The van der Waals surface area contributed by atoms with E-state index in [1.807, 2.05) is 19.9 Å². The van der Waals surface area contributed by atoms with Crippen molar-refractivity contribution in [1.82, 2.24) is 15.0 Å². The molecule has 0 radical (unpaired) electrons. The molecule has 1 aliphatic rings. The molecule has 1 unspecified atom stereocenters. The number of alkyl halides is 2. The van der Waals surface area contributed by atoms with Gasteiger partial charge in [0.25, 0.3) is 0 Å². The van der Waals surface area contributed by atoms with Gasteiger partial charge < -0.3 is 10.4 Å². The third kappa shape index (κ3) is 6.93. The van der Waals surface area contributed by atoms with E-state index in [1.54, 1.807) is 0 Å². The number of rotatable bonds is 11. The van der Waals surface area contributed by atoms with Crippen LogP contribution in [0.1, 0.15) is 86.9 Å². The molecule has 0 aliphatic carbocycles. The molecule has 6 nitrogen and oxygen atoms in total. The number of nitrogens with one attached hydrogen (secondary N) is 1. The average molecular weight is 447 g/mol. The maximum absolute atomic E-state index is 14.7. The first-order valence-corrected chi connectivity index (χ1v) is 11.4. The molecule has 0 bridgehead atoms. The van der Waals surface area contributed by atoms with Gasteiger partial charge in [0.2, 0.25) is 5.92 Å². The van der Waals surface area contributed by atoms with Crippen LogP contribution in [0.5, 0.6) is 0 Å². The van der Waals surface area contributed by atoms with Crippen LogP contribution in [-0.2, 0) is 17.6 Å². The van der Waals surface area contributed by atoms with Gasteiger partial charge in [0.15, 0.2) is 0 Å². The quantitative estimate of drug-likeness (QED) is 0.453. The molecule has 2 aromatic heterocycles. The lowest BCUT2D eigenvalue weighted by Gasteiger charge is -2.23. The van der Waals surface area contributed by atoms with Gasteiger partial charge in [0.05, 0.1) is 6.42 Å². The smallest absolute Gasteiger partial charge is 0.303 e. The topological polar surface area (TPSA) is 88.0 Å². The second-order valence-corrected chi connectivity index (χ2v) is 8.93. The number of aryl methyl sites for hydroxylation is 2. The molecule has 8 heteroatoms. The number of carboxylic acids is 1. The van der Waals surface area contributed by atoms with E-state index in [9.17, 15) is 18.7 Å². The number of carbonyl (C=O) groups is 1. The Kier molecular flexibility index (Phi) is 8.10. The highest BCUT2D eigenvalue weighted by molar-refractivity contribution is 5.68. The number of aliphatic carboxylic acids is 1. The van der Waals surface area contributed by atoms with Crippen molar-refractivity contribution in [3.05, 3.63) is 47.2 Å². The SMILES string of the molecule is CC(C)c1ncc(C(CC(=O)O)CC(F)(F)CCCCc2ccc3c(n2)NCCC3)cn1. The summed E-state index contributed by atoms with van der Waals surface area (Å²) in [4.78, 5) is 24.3. The first-order valence-electron chi connectivity index (χ1n) is 11.4. The molecule has 1 aliphatic heterocycles. The Morgan fingerprint density at radius 1 is 1.22 bits per heavy atom. The van der Waals surface area contributed by atoms with Crippen LogP contribution < -0.4 is 5.32 Å². The third-order valence-corrected chi connectivity index (χ3v) is 5.82. The highest BCUT2D eigenvalue weighted by Gasteiger charge is 2.34. The lowest BCUT2D eigenvalue weighted by Crippen LogP contribution is -2.22. The lowest BCUT2D eigenvalue weighted by molar-refractivity contribution is -0.138. The Bertz CT molecular complexity index is 903. The number of pyridine rings is 1. The Morgan fingerprint density at radius 2 is 1.97 bits per heavy atom. The molecule has 0 fully saturated rings. The maximum atomic E-state index is 14.7. The molecule has 0 saturated carbocycles. The Labute approximate surface area is 187 Å². The number of nitrogens with zero attached hydrogens (tertiary/aromatic N) is 3. The largest absolute Gasteiger partial charge is 0.481 e. The van der Waals surface area contributed by atoms with Crippen molar-refractivity contribution in [1.29, 1.82) is 0 Å². The van der Waals surface area contributed by atoms with Gasteiger partial charge in [-0.05, 0) is 49.3 Å². The van der Waals surface area contributed by atoms with Gasteiger partial charge in [-0.25, -0.2) is 23.7 Å². The van der Waals surface area contributed by atoms with Crippen molar-refractivity contribution in [2.24, 2.45) is 0 Å². The second-order valence-electron chi connectivity index (χ2n) is 8.93. The Hall–Kier alpha value is -2.64. The normalized spacial score (nSPS) is 14.7. The molecule has 0 saturated heterocycles. The number of fused-ring (bicyclic) bond motifs is 1. The molecule has 174 valence electrons. The molecular weight excluding hydrogens is 414 g/mol. The van der Waals surface area contributed by atoms with E-state index in [1.165, 1.54) is 18.0 Å². The van der Waals surface area contributed by atoms with E-state index in [-0.39, 0.29) is 18.8 Å². The minimum absolute atomic E-state index is 0.115. The van der Waals surface area contributed by atoms with Gasteiger partial charge in [-0.3, -0.25) is 4.79 Å². The molecule has 1 atom stereocenters. The maximum Gasteiger partial charge on any atom is 0.303 e. The number of halogens is 2. The number of hydrogen-bond donors (Lipinski definition) is 2. The molecule has 0 amide bonds. The van der Waals surface area contributed by atoms with Crippen LogP contribution in [0, 0.1) is 0 Å². The minimum atomic E-state index is -2.96. The van der Waals surface area contributed by atoms with E-state index in [0.29, 0.717) is 30.7 Å². The van der Waals surface area contributed by atoms with Crippen LogP contribution in [-0.4, -0.2) is 38.5 Å². The lowest BCUT2D eigenvalue weighted by atomic mass is 9.89. The van der Waals surface area contributed by atoms with Gasteiger partial charge in [0, 0.05) is 49.3 Å². The van der Waals surface area contributed by atoms with Crippen molar-refractivity contribution >= 4 is 11.8 Å². The highest BCUT2D eigenvalue weighted by atomic mass is 19.3. The number of aromatic nitrogens is 3. The fourth-order valence-electron chi connectivity index (χ4n) is 4.04. The van der Waals surface area contributed by atoms with Gasteiger partial charge in [-0.1, -0.05) is 19.9 Å². The number of anilines is 1. The molecule has 2 aromatic rings. The molecule has 32 heavy (non-hydrogen) atoms. The minimum Gasteiger partial charge on any atom is -0.481 e. The Morgan fingerprint density at radius 3 is 2.66 bits per heavy atom. The zero-order valence-corrected chi connectivity index (χ0v) is 18.8. The summed E-state index contributed by atoms with van der Waals surface area (Å²) < 4.78 is 29.4. The Balaban J connectivity index is 1.53. The van der Waals surface area contributed by atoms with E-state index in [4.69, 9.17) is 0 Å². The number of hydrogen-bond acceptors (Lipinski definition) is 5. The summed E-state index contributed by atoms with van der Waals surface area (Å²) in [6.07, 6.45) is 5.52. The predicted molar refractivity (Wildman–Crippen MR) is 119 cm³/mol. The van der Waals surface area contributed by atoms with Crippen molar-refractivity contribution in [2.45, 2.75) is 83.0 Å². The zero-order chi connectivity index (χ0) is 23.1. The summed E-state index contributed by atoms with van der Waals surface area (Å²) in [6.45, 7) is 4.79. The van der Waals surface area contributed by atoms with Crippen LogP contribution >= 0.6 is 0 Å². The zero-order valence-electron chi connectivity index (χ0n) is 18.8. The number of unbranched alkanes of at least 4 members (excludes halogenated alkanes) is 1. The summed E-state index contributed by atoms with van der Waals surface area (Å²) in [6, 6.07) is 4.05. The summed E-state index contributed by atoms with van der Waals surface area (Å²) >= 11 is 0. The average Bonchev–Trinajstić information content (AvgIpc) is 2.76. The second kappa shape index (κ2) is 10.8. The summed E-state index contributed by atoms with van der Waals surface area (Å²) in [5.74, 6) is -3.24. The van der Waals surface area contributed by atoms with Crippen LogP contribution in [0.4, 0.5) is 14.6 Å². The first-order chi connectivity index (χ1) is 15.2. The third-order valence-electron chi connectivity index (χ3n) is 5.82.